The molecule has 116 valence electrons. The number of hydrogen-bond acceptors (Lipinski definition) is 3. The Balaban J connectivity index is 1.89. The summed E-state index contributed by atoms with van der Waals surface area (Å²) in [6.45, 7) is 5.02. The van der Waals surface area contributed by atoms with Crippen molar-refractivity contribution >= 4 is 11.8 Å². The van der Waals surface area contributed by atoms with E-state index in [4.69, 9.17) is 0 Å². The predicted molar refractivity (Wildman–Crippen MR) is 91.7 cm³/mol. The van der Waals surface area contributed by atoms with E-state index in [0.29, 0.717) is 5.25 Å². The smallest absolute Gasteiger partial charge is 0.296 e. The van der Waals surface area contributed by atoms with Crippen molar-refractivity contribution in [3.8, 4) is 0 Å². The van der Waals surface area contributed by atoms with Crippen molar-refractivity contribution < 1.29 is 0 Å². The Morgan fingerprint density at radius 3 is 2.73 bits per heavy atom. The van der Waals surface area contributed by atoms with Gasteiger partial charge in [-0.3, -0.25) is 4.57 Å². The summed E-state index contributed by atoms with van der Waals surface area (Å²) in [6.07, 6.45) is 4.08. The molecule has 0 saturated carbocycles. The van der Waals surface area contributed by atoms with Crippen molar-refractivity contribution in [1.29, 1.82) is 0 Å². The SMILES string of the molecule is CC(C)Sc1nc(=O)n(CCc2ccccc2)c2c1CCC2. The largest absolute Gasteiger partial charge is 0.348 e. The number of benzene rings is 1. The Kier molecular flexibility index (Phi) is 4.67. The fourth-order valence-electron chi connectivity index (χ4n) is 3.02. The molecule has 3 rings (SSSR count). The van der Waals surface area contributed by atoms with Gasteiger partial charge in [-0.15, -0.1) is 11.8 Å². The van der Waals surface area contributed by atoms with Crippen molar-refractivity contribution in [2.24, 2.45) is 0 Å². The maximum atomic E-state index is 12.4. The number of nitrogens with zero attached hydrogens (tertiary/aromatic N) is 2. The molecule has 1 heterocycles. The fraction of sp³-hybridized carbons (Fsp3) is 0.444. The van der Waals surface area contributed by atoms with E-state index in [2.05, 4.69) is 31.0 Å². The predicted octanol–water partition coefficient (Wildman–Crippen LogP) is 3.48. The maximum Gasteiger partial charge on any atom is 0.348 e. The first-order valence-corrected chi connectivity index (χ1v) is 8.86. The molecule has 0 aliphatic heterocycles. The van der Waals surface area contributed by atoms with Crippen LogP contribution in [0.3, 0.4) is 0 Å². The van der Waals surface area contributed by atoms with E-state index >= 15 is 0 Å². The highest BCUT2D eigenvalue weighted by Gasteiger charge is 2.22. The number of rotatable bonds is 5. The van der Waals surface area contributed by atoms with E-state index in [1.54, 1.807) is 11.8 Å². The van der Waals surface area contributed by atoms with Gasteiger partial charge in [0.1, 0.15) is 5.03 Å². The number of thioether (sulfide) groups is 1. The molecule has 0 radical (unpaired) electrons. The van der Waals surface area contributed by atoms with E-state index in [1.807, 2.05) is 22.8 Å². The van der Waals surface area contributed by atoms with E-state index in [9.17, 15) is 4.79 Å². The number of aryl methyl sites for hydroxylation is 1. The number of hydrogen-bond donors (Lipinski definition) is 0. The molecule has 4 heteroatoms. The van der Waals surface area contributed by atoms with Gasteiger partial charge in [-0.1, -0.05) is 44.2 Å². The van der Waals surface area contributed by atoms with Crippen LogP contribution in [0.4, 0.5) is 0 Å². The highest BCUT2D eigenvalue weighted by molar-refractivity contribution is 7.99. The molecule has 3 nitrogen and oxygen atoms in total. The van der Waals surface area contributed by atoms with E-state index < -0.39 is 0 Å². The van der Waals surface area contributed by atoms with Crippen LogP contribution >= 0.6 is 11.8 Å². The van der Waals surface area contributed by atoms with Crippen LogP contribution in [0.1, 0.15) is 37.1 Å². The van der Waals surface area contributed by atoms with Gasteiger partial charge >= 0.3 is 5.69 Å². The van der Waals surface area contributed by atoms with Gasteiger partial charge in [0.2, 0.25) is 0 Å². The van der Waals surface area contributed by atoms with Gasteiger partial charge in [0.15, 0.2) is 0 Å². The molecule has 0 saturated heterocycles. The van der Waals surface area contributed by atoms with Crippen LogP contribution in [0.5, 0.6) is 0 Å². The van der Waals surface area contributed by atoms with Crippen LogP contribution in [-0.2, 0) is 25.8 Å². The molecule has 0 unspecified atom stereocenters. The lowest BCUT2D eigenvalue weighted by Crippen LogP contribution is -2.28. The van der Waals surface area contributed by atoms with Gasteiger partial charge in [0.05, 0.1) is 0 Å². The lowest BCUT2D eigenvalue weighted by atomic mass is 10.1. The summed E-state index contributed by atoms with van der Waals surface area (Å²) in [6, 6.07) is 10.3. The van der Waals surface area contributed by atoms with Crippen molar-refractivity contribution in [3.05, 3.63) is 57.6 Å². The molecule has 0 bridgehead atoms. The summed E-state index contributed by atoms with van der Waals surface area (Å²) in [7, 11) is 0. The molecule has 0 amide bonds. The van der Waals surface area contributed by atoms with Crippen LogP contribution in [-0.4, -0.2) is 14.8 Å². The molecule has 1 aromatic carbocycles. The summed E-state index contributed by atoms with van der Waals surface area (Å²) in [5, 5.41) is 1.42. The van der Waals surface area contributed by atoms with Crippen LogP contribution in [0.2, 0.25) is 0 Å². The molecule has 0 atom stereocenters. The van der Waals surface area contributed by atoms with Crippen LogP contribution in [0.15, 0.2) is 40.2 Å². The Morgan fingerprint density at radius 1 is 1.23 bits per heavy atom. The quantitative estimate of drug-likeness (QED) is 0.626. The van der Waals surface area contributed by atoms with Gasteiger partial charge in [0, 0.05) is 23.1 Å². The zero-order valence-electron chi connectivity index (χ0n) is 13.2. The molecule has 1 aliphatic rings. The highest BCUT2D eigenvalue weighted by atomic mass is 32.2. The number of aromatic nitrogens is 2. The maximum absolute atomic E-state index is 12.4. The molecule has 0 fully saturated rings. The summed E-state index contributed by atoms with van der Waals surface area (Å²) in [5.74, 6) is 0. The van der Waals surface area contributed by atoms with E-state index in [-0.39, 0.29) is 5.69 Å². The third-order valence-electron chi connectivity index (χ3n) is 4.02. The average molecular weight is 314 g/mol. The van der Waals surface area contributed by atoms with Crippen molar-refractivity contribution in [2.75, 3.05) is 0 Å². The van der Waals surface area contributed by atoms with Gasteiger partial charge in [-0.25, -0.2) is 4.79 Å². The molecule has 0 N–H and O–H groups in total. The lowest BCUT2D eigenvalue weighted by molar-refractivity contribution is 0.607. The van der Waals surface area contributed by atoms with E-state index in [0.717, 1.165) is 37.3 Å². The summed E-state index contributed by atoms with van der Waals surface area (Å²) < 4.78 is 1.90. The highest BCUT2D eigenvalue weighted by Crippen LogP contribution is 2.31. The average Bonchev–Trinajstić information content (AvgIpc) is 2.97. The minimum atomic E-state index is -0.0836. The molecule has 0 spiro atoms. The van der Waals surface area contributed by atoms with Gasteiger partial charge < -0.3 is 0 Å². The van der Waals surface area contributed by atoms with Crippen LogP contribution in [0, 0.1) is 0 Å². The van der Waals surface area contributed by atoms with E-state index in [1.165, 1.54) is 16.8 Å². The third-order valence-corrected chi connectivity index (χ3v) is 5.05. The fourth-order valence-corrected chi connectivity index (χ4v) is 3.96. The Hall–Kier alpha value is -1.55. The zero-order valence-corrected chi connectivity index (χ0v) is 14.0. The van der Waals surface area contributed by atoms with Crippen molar-refractivity contribution in [2.45, 2.75) is 56.4 Å². The summed E-state index contributed by atoms with van der Waals surface area (Å²) in [4.78, 5) is 16.8. The van der Waals surface area contributed by atoms with Crippen molar-refractivity contribution in [3.63, 3.8) is 0 Å². The Bertz CT molecular complexity index is 707. The topological polar surface area (TPSA) is 34.9 Å². The minimum Gasteiger partial charge on any atom is -0.296 e. The summed E-state index contributed by atoms with van der Waals surface area (Å²) >= 11 is 1.72. The molecular formula is C18H22N2OS. The Labute approximate surface area is 135 Å². The number of fused-ring (bicyclic) bond motifs is 1. The normalized spacial score (nSPS) is 13.6. The second kappa shape index (κ2) is 6.69. The van der Waals surface area contributed by atoms with Gasteiger partial charge in [-0.2, -0.15) is 4.98 Å². The monoisotopic (exact) mass is 314 g/mol. The molecule has 2 aromatic rings. The van der Waals surface area contributed by atoms with Gasteiger partial charge in [0.25, 0.3) is 0 Å². The standard InChI is InChI=1S/C18H22N2OS/c1-13(2)22-17-15-9-6-10-16(15)20(18(21)19-17)12-11-14-7-4-3-5-8-14/h3-5,7-8,13H,6,9-12H2,1-2H3. The molecular weight excluding hydrogens is 292 g/mol. The van der Waals surface area contributed by atoms with Crippen LogP contribution in [0.25, 0.3) is 0 Å². The zero-order chi connectivity index (χ0) is 15.5. The minimum absolute atomic E-state index is 0.0836. The first-order valence-electron chi connectivity index (χ1n) is 7.98. The Morgan fingerprint density at radius 2 is 2.00 bits per heavy atom. The first-order chi connectivity index (χ1) is 10.6. The second-order valence-electron chi connectivity index (χ2n) is 6.03. The molecule has 22 heavy (non-hydrogen) atoms. The first kappa shape index (κ1) is 15.3. The lowest BCUT2D eigenvalue weighted by Gasteiger charge is -2.15. The molecule has 1 aromatic heterocycles. The molecule has 1 aliphatic carbocycles. The van der Waals surface area contributed by atoms with Crippen molar-refractivity contribution in [1.82, 2.24) is 9.55 Å². The van der Waals surface area contributed by atoms with Gasteiger partial charge in [-0.05, 0) is 31.2 Å². The second-order valence-corrected chi connectivity index (χ2v) is 7.60. The van der Waals surface area contributed by atoms with Crippen LogP contribution < -0.4 is 5.69 Å². The summed E-state index contributed by atoms with van der Waals surface area (Å²) in [5.41, 5.74) is 3.71. The third kappa shape index (κ3) is 3.27.